The van der Waals surface area contributed by atoms with Crippen LogP contribution in [0.4, 0.5) is 0 Å². The van der Waals surface area contributed by atoms with Crippen LogP contribution in [0.3, 0.4) is 0 Å². The van der Waals surface area contributed by atoms with Gasteiger partial charge in [-0.1, -0.05) is 27.2 Å². The molecule has 1 heterocycles. The first-order chi connectivity index (χ1) is 8.61. The molecule has 1 aliphatic carbocycles. The van der Waals surface area contributed by atoms with Crippen molar-refractivity contribution >= 4 is 11.6 Å². The highest BCUT2D eigenvalue weighted by atomic mass is 35.5. The molecular formula is C15H24ClNO. The van der Waals surface area contributed by atoms with Crippen LogP contribution >= 0.6 is 11.6 Å². The van der Waals surface area contributed by atoms with Crippen LogP contribution in [0.5, 0.6) is 0 Å². The molecule has 0 aromatic carbocycles. The van der Waals surface area contributed by atoms with E-state index in [0.29, 0.717) is 17.2 Å². The van der Waals surface area contributed by atoms with Crippen LogP contribution < -0.4 is 5.32 Å². The number of hydrogen-bond acceptors (Lipinski definition) is 2. The smallest absolute Gasteiger partial charge is 0.193 e. The Bertz CT molecular complexity index is 376. The van der Waals surface area contributed by atoms with Crippen molar-refractivity contribution in [2.24, 2.45) is 17.8 Å². The molecule has 1 N–H and O–H groups in total. The van der Waals surface area contributed by atoms with Crippen LogP contribution in [0.25, 0.3) is 0 Å². The summed E-state index contributed by atoms with van der Waals surface area (Å²) >= 11 is 5.90. The van der Waals surface area contributed by atoms with E-state index in [2.05, 4.69) is 26.1 Å². The topological polar surface area (TPSA) is 25.2 Å². The molecule has 1 aromatic rings. The predicted octanol–water partition coefficient (Wildman–Crippen LogP) is 4.66. The molecule has 0 aliphatic heterocycles. The Hall–Kier alpha value is -0.470. The molecule has 1 aliphatic rings. The quantitative estimate of drug-likeness (QED) is 0.860. The van der Waals surface area contributed by atoms with E-state index in [1.54, 1.807) is 0 Å². The highest BCUT2D eigenvalue weighted by Gasteiger charge is 2.32. The van der Waals surface area contributed by atoms with Gasteiger partial charge < -0.3 is 9.73 Å². The zero-order chi connectivity index (χ0) is 13.1. The number of rotatable bonds is 4. The molecule has 2 nitrogen and oxygen atoms in total. The first kappa shape index (κ1) is 14.0. The van der Waals surface area contributed by atoms with Crippen molar-refractivity contribution in [3.8, 4) is 0 Å². The average molecular weight is 270 g/mol. The molecule has 0 amide bonds. The monoisotopic (exact) mass is 269 g/mol. The van der Waals surface area contributed by atoms with Gasteiger partial charge in [0.05, 0.1) is 6.04 Å². The van der Waals surface area contributed by atoms with Gasteiger partial charge in [-0.3, -0.25) is 0 Å². The van der Waals surface area contributed by atoms with E-state index in [9.17, 15) is 0 Å². The summed E-state index contributed by atoms with van der Waals surface area (Å²) in [5.41, 5.74) is 0. The second kappa shape index (κ2) is 6.12. The standard InChI is InChI=1S/C15H24ClNO/c1-4-17-15(13-7-8-14(16)18-13)12-6-5-10(2)11(3)9-12/h7-8,10-12,15,17H,4-6,9H2,1-3H3. The zero-order valence-electron chi connectivity index (χ0n) is 11.6. The van der Waals surface area contributed by atoms with Crippen LogP contribution in [0.1, 0.15) is 51.8 Å². The fourth-order valence-electron chi connectivity index (χ4n) is 3.11. The molecule has 3 heteroatoms. The van der Waals surface area contributed by atoms with Crippen LogP contribution in [0, 0.1) is 17.8 Å². The molecule has 4 atom stereocenters. The van der Waals surface area contributed by atoms with Crippen molar-refractivity contribution in [1.82, 2.24) is 5.32 Å². The molecular weight excluding hydrogens is 246 g/mol. The molecule has 0 radical (unpaired) electrons. The van der Waals surface area contributed by atoms with E-state index in [4.69, 9.17) is 16.0 Å². The maximum Gasteiger partial charge on any atom is 0.193 e. The third-order valence-electron chi connectivity index (χ3n) is 4.43. The van der Waals surface area contributed by atoms with E-state index in [0.717, 1.165) is 24.1 Å². The second-order valence-electron chi connectivity index (χ2n) is 5.70. The highest BCUT2D eigenvalue weighted by molar-refractivity contribution is 6.28. The SMILES string of the molecule is CCNC(c1ccc(Cl)o1)C1CCC(C)C(C)C1. The average Bonchev–Trinajstić information content (AvgIpc) is 2.76. The summed E-state index contributed by atoms with van der Waals surface area (Å²) in [6.45, 7) is 7.84. The fraction of sp³-hybridized carbons (Fsp3) is 0.733. The van der Waals surface area contributed by atoms with Gasteiger partial charge in [-0.2, -0.15) is 0 Å². The largest absolute Gasteiger partial charge is 0.448 e. The van der Waals surface area contributed by atoms with Gasteiger partial charge >= 0.3 is 0 Å². The Balaban J connectivity index is 2.10. The molecule has 102 valence electrons. The van der Waals surface area contributed by atoms with E-state index in [1.165, 1.54) is 19.3 Å². The normalized spacial score (nSPS) is 30.3. The molecule has 1 fully saturated rings. The van der Waals surface area contributed by atoms with Gasteiger partial charge in [0.25, 0.3) is 0 Å². The Kier molecular flexibility index (Phi) is 4.74. The van der Waals surface area contributed by atoms with Crippen molar-refractivity contribution in [3.05, 3.63) is 23.1 Å². The van der Waals surface area contributed by atoms with Crippen molar-refractivity contribution in [3.63, 3.8) is 0 Å². The Morgan fingerprint density at radius 3 is 2.67 bits per heavy atom. The molecule has 2 rings (SSSR count). The summed E-state index contributed by atoms with van der Waals surface area (Å²) in [6, 6.07) is 4.17. The lowest BCUT2D eigenvalue weighted by atomic mass is 9.73. The predicted molar refractivity (Wildman–Crippen MR) is 75.8 cm³/mol. The van der Waals surface area contributed by atoms with E-state index < -0.39 is 0 Å². The van der Waals surface area contributed by atoms with Crippen LogP contribution in [0.2, 0.25) is 5.22 Å². The third-order valence-corrected chi connectivity index (χ3v) is 4.64. The number of nitrogens with one attached hydrogen (secondary N) is 1. The third kappa shape index (κ3) is 3.10. The van der Waals surface area contributed by atoms with Gasteiger partial charge in [-0.15, -0.1) is 0 Å². The first-order valence-electron chi connectivity index (χ1n) is 7.10. The van der Waals surface area contributed by atoms with E-state index in [1.807, 2.05) is 12.1 Å². The Morgan fingerprint density at radius 1 is 1.33 bits per heavy atom. The number of halogens is 1. The van der Waals surface area contributed by atoms with Crippen molar-refractivity contribution in [2.45, 2.75) is 46.1 Å². The summed E-state index contributed by atoms with van der Waals surface area (Å²) in [5, 5.41) is 4.06. The van der Waals surface area contributed by atoms with Crippen molar-refractivity contribution in [2.75, 3.05) is 6.54 Å². The van der Waals surface area contributed by atoms with Crippen molar-refractivity contribution < 1.29 is 4.42 Å². The lowest BCUT2D eigenvalue weighted by Gasteiger charge is -2.36. The lowest BCUT2D eigenvalue weighted by Crippen LogP contribution is -2.33. The molecule has 0 spiro atoms. The summed E-state index contributed by atoms with van der Waals surface area (Å²) in [5.74, 6) is 3.31. The molecule has 0 bridgehead atoms. The fourth-order valence-corrected chi connectivity index (χ4v) is 3.26. The number of hydrogen-bond donors (Lipinski definition) is 1. The van der Waals surface area contributed by atoms with Crippen LogP contribution in [-0.2, 0) is 0 Å². The molecule has 18 heavy (non-hydrogen) atoms. The zero-order valence-corrected chi connectivity index (χ0v) is 12.3. The van der Waals surface area contributed by atoms with Gasteiger partial charge in [0, 0.05) is 0 Å². The minimum Gasteiger partial charge on any atom is -0.448 e. The Morgan fingerprint density at radius 2 is 2.11 bits per heavy atom. The van der Waals surface area contributed by atoms with Gasteiger partial charge in [0.15, 0.2) is 5.22 Å². The van der Waals surface area contributed by atoms with Crippen LogP contribution in [0.15, 0.2) is 16.5 Å². The minimum atomic E-state index is 0.317. The van der Waals surface area contributed by atoms with Gasteiger partial charge in [-0.05, 0) is 60.9 Å². The Labute approximate surface area is 115 Å². The van der Waals surface area contributed by atoms with Gasteiger partial charge in [0.2, 0.25) is 0 Å². The molecule has 1 aromatic heterocycles. The molecule has 4 unspecified atom stereocenters. The van der Waals surface area contributed by atoms with Crippen LogP contribution in [-0.4, -0.2) is 6.54 Å². The van der Waals surface area contributed by atoms with Gasteiger partial charge in [-0.25, -0.2) is 0 Å². The van der Waals surface area contributed by atoms with Crippen molar-refractivity contribution in [1.29, 1.82) is 0 Å². The molecule has 1 saturated carbocycles. The molecule has 0 saturated heterocycles. The minimum absolute atomic E-state index is 0.317. The maximum absolute atomic E-state index is 5.90. The first-order valence-corrected chi connectivity index (χ1v) is 7.48. The van der Waals surface area contributed by atoms with E-state index >= 15 is 0 Å². The summed E-state index contributed by atoms with van der Waals surface area (Å²) in [6.07, 6.45) is 3.88. The highest BCUT2D eigenvalue weighted by Crippen LogP contribution is 2.40. The van der Waals surface area contributed by atoms with E-state index in [-0.39, 0.29) is 0 Å². The maximum atomic E-state index is 5.90. The summed E-state index contributed by atoms with van der Waals surface area (Å²) in [4.78, 5) is 0. The number of furan rings is 1. The summed E-state index contributed by atoms with van der Waals surface area (Å²) < 4.78 is 5.62. The van der Waals surface area contributed by atoms with Gasteiger partial charge in [0.1, 0.15) is 5.76 Å². The second-order valence-corrected chi connectivity index (χ2v) is 6.08. The lowest BCUT2D eigenvalue weighted by molar-refractivity contribution is 0.161. The summed E-state index contributed by atoms with van der Waals surface area (Å²) in [7, 11) is 0.